The lowest BCUT2D eigenvalue weighted by Crippen LogP contribution is -2.48. The number of likely N-dealkylation sites (tertiary alicyclic amines) is 1. The van der Waals surface area contributed by atoms with Gasteiger partial charge in [-0.25, -0.2) is 0 Å². The summed E-state index contributed by atoms with van der Waals surface area (Å²) in [6, 6.07) is 20.7. The fourth-order valence-electron chi connectivity index (χ4n) is 3.54. The first-order chi connectivity index (χ1) is 13.7. The van der Waals surface area contributed by atoms with Crippen molar-refractivity contribution in [3.8, 4) is 5.75 Å². The maximum absolute atomic E-state index is 6.09. The van der Waals surface area contributed by atoms with Crippen molar-refractivity contribution in [2.75, 3.05) is 40.3 Å². The first-order valence-corrected chi connectivity index (χ1v) is 10.1. The standard InChI is InChI=1S/C23H32N4O/c1-24-23(25-15-18-26(2)19-20-9-5-3-6-10-20)27-16-13-22(14-17-27)28-21-11-7-4-8-12-21/h3-12,22H,13-19H2,1-2H3,(H,24,25). The third kappa shape index (κ3) is 6.27. The van der Waals surface area contributed by atoms with E-state index in [1.807, 2.05) is 37.4 Å². The van der Waals surface area contributed by atoms with Gasteiger partial charge in [0, 0.05) is 52.6 Å². The molecule has 28 heavy (non-hydrogen) atoms. The third-order valence-corrected chi connectivity index (χ3v) is 5.07. The van der Waals surface area contributed by atoms with E-state index in [2.05, 4.69) is 57.5 Å². The van der Waals surface area contributed by atoms with Gasteiger partial charge in [-0.2, -0.15) is 0 Å². The van der Waals surface area contributed by atoms with Gasteiger partial charge in [-0.3, -0.25) is 4.99 Å². The molecule has 1 aliphatic heterocycles. The van der Waals surface area contributed by atoms with Crippen LogP contribution in [0.4, 0.5) is 0 Å². The van der Waals surface area contributed by atoms with Crippen molar-refractivity contribution >= 4 is 5.96 Å². The molecule has 0 unspecified atom stereocenters. The van der Waals surface area contributed by atoms with Crippen LogP contribution in [0.3, 0.4) is 0 Å². The molecule has 1 saturated heterocycles. The van der Waals surface area contributed by atoms with Crippen LogP contribution in [0.2, 0.25) is 0 Å². The summed E-state index contributed by atoms with van der Waals surface area (Å²) in [4.78, 5) is 9.14. The van der Waals surface area contributed by atoms with Crippen LogP contribution in [-0.4, -0.2) is 62.1 Å². The van der Waals surface area contributed by atoms with E-state index < -0.39 is 0 Å². The predicted molar refractivity (Wildman–Crippen MR) is 116 cm³/mol. The fourth-order valence-corrected chi connectivity index (χ4v) is 3.54. The predicted octanol–water partition coefficient (Wildman–Crippen LogP) is 3.24. The number of likely N-dealkylation sites (N-methyl/N-ethyl adjacent to an activating group) is 1. The Morgan fingerprint density at radius 3 is 2.36 bits per heavy atom. The summed E-state index contributed by atoms with van der Waals surface area (Å²) in [6.45, 7) is 4.76. The fraction of sp³-hybridized carbons (Fsp3) is 0.435. The number of ether oxygens (including phenoxy) is 1. The van der Waals surface area contributed by atoms with E-state index in [-0.39, 0.29) is 6.10 Å². The first-order valence-electron chi connectivity index (χ1n) is 10.1. The second-order valence-electron chi connectivity index (χ2n) is 7.31. The van der Waals surface area contributed by atoms with Crippen LogP contribution in [0.25, 0.3) is 0 Å². The molecule has 5 nitrogen and oxygen atoms in total. The average molecular weight is 381 g/mol. The lowest BCUT2D eigenvalue weighted by atomic mass is 10.1. The summed E-state index contributed by atoms with van der Waals surface area (Å²) in [7, 11) is 4.02. The largest absolute Gasteiger partial charge is 0.490 e. The zero-order valence-corrected chi connectivity index (χ0v) is 17.1. The van der Waals surface area contributed by atoms with Gasteiger partial charge in [-0.15, -0.1) is 0 Å². The second-order valence-corrected chi connectivity index (χ2v) is 7.31. The summed E-state index contributed by atoms with van der Waals surface area (Å²) in [5.41, 5.74) is 1.34. The smallest absolute Gasteiger partial charge is 0.193 e. The van der Waals surface area contributed by atoms with Crippen LogP contribution in [0.5, 0.6) is 5.75 Å². The highest BCUT2D eigenvalue weighted by atomic mass is 16.5. The van der Waals surface area contributed by atoms with E-state index in [0.29, 0.717) is 0 Å². The van der Waals surface area contributed by atoms with Crippen molar-refractivity contribution in [2.24, 2.45) is 4.99 Å². The maximum atomic E-state index is 6.09. The summed E-state index contributed by atoms with van der Waals surface area (Å²) >= 11 is 0. The Hall–Kier alpha value is -2.53. The van der Waals surface area contributed by atoms with E-state index in [4.69, 9.17) is 4.74 Å². The van der Waals surface area contributed by atoms with Gasteiger partial charge in [0.1, 0.15) is 11.9 Å². The van der Waals surface area contributed by atoms with Crippen LogP contribution >= 0.6 is 0 Å². The number of nitrogens with one attached hydrogen (secondary N) is 1. The number of rotatable bonds is 7. The van der Waals surface area contributed by atoms with E-state index >= 15 is 0 Å². The van der Waals surface area contributed by atoms with Gasteiger partial charge in [0.25, 0.3) is 0 Å². The molecular formula is C23H32N4O. The van der Waals surface area contributed by atoms with Crippen molar-refractivity contribution < 1.29 is 4.74 Å². The molecule has 150 valence electrons. The molecule has 0 amide bonds. The molecule has 3 rings (SSSR count). The molecule has 0 spiro atoms. The molecule has 1 heterocycles. The molecule has 5 heteroatoms. The molecule has 0 saturated carbocycles. The first kappa shape index (κ1) is 20.2. The number of hydrogen-bond acceptors (Lipinski definition) is 3. The number of aliphatic imine (C=N–C) groups is 1. The van der Waals surface area contributed by atoms with Crippen LogP contribution in [-0.2, 0) is 6.54 Å². The van der Waals surface area contributed by atoms with Crippen molar-refractivity contribution in [1.82, 2.24) is 15.1 Å². The lowest BCUT2D eigenvalue weighted by molar-refractivity contribution is 0.129. The Morgan fingerprint density at radius 2 is 1.71 bits per heavy atom. The van der Waals surface area contributed by atoms with Crippen molar-refractivity contribution in [3.05, 3.63) is 66.2 Å². The van der Waals surface area contributed by atoms with E-state index in [9.17, 15) is 0 Å². The van der Waals surface area contributed by atoms with Crippen LogP contribution in [0, 0.1) is 0 Å². The van der Waals surface area contributed by atoms with Gasteiger partial charge in [0.15, 0.2) is 5.96 Å². The molecule has 0 radical (unpaired) electrons. The molecule has 2 aromatic rings. The highest BCUT2D eigenvalue weighted by Gasteiger charge is 2.22. The van der Waals surface area contributed by atoms with E-state index in [1.165, 1.54) is 5.56 Å². The summed E-state index contributed by atoms with van der Waals surface area (Å²) in [6.07, 6.45) is 2.32. The number of guanidine groups is 1. The summed E-state index contributed by atoms with van der Waals surface area (Å²) < 4.78 is 6.09. The van der Waals surface area contributed by atoms with Crippen molar-refractivity contribution in [2.45, 2.75) is 25.5 Å². The normalized spacial score (nSPS) is 15.7. The molecule has 0 aromatic heterocycles. The minimum atomic E-state index is 0.286. The summed E-state index contributed by atoms with van der Waals surface area (Å²) in [5.74, 6) is 1.95. The third-order valence-electron chi connectivity index (χ3n) is 5.07. The molecule has 0 bridgehead atoms. The Morgan fingerprint density at radius 1 is 1.07 bits per heavy atom. The Bertz CT molecular complexity index is 712. The van der Waals surface area contributed by atoms with Crippen LogP contribution in [0.15, 0.2) is 65.7 Å². The van der Waals surface area contributed by atoms with Gasteiger partial charge in [-0.05, 0) is 24.7 Å². The zero-order valence-electron chi connectivity index (χ0n) is 17.1. The molecule has 2 aromatic carbocycles. The Labute approximate surface area is 169 Å². The van der Waals surface area contributed by atoms with E-state index in [0.717, 1.165) is 57.3 Å². The van der Waals surface area contributed by atoms with Gasteiger partial charge in [0.05, 0.1) is 0 Å². The maximum Gasteiger partial charge on any atom is 0.193 e. The van der Waals surface area contributed by atoms with Gasteiger partial charge in [0.2, 0.25) is 0 Å². The number of benzene rings is 2. The van der Waals surface area contributed by atoms with E-state index in [1.54, 1.807) is 0 Å². The second kappa shape index (κ2) is 10.7. The van der Waals surface area contributed by atoms with Crippen LogP contribution < -0.4 is 10.1 Å². The monoisotopic (exact) mass is 380 g/mol. The highest BCUT2D eigenvalue weighted by Crippen LogP contribution is 2.18. The lowest BCUT2D eigenvalue weighted by Gasteiger charge is -2.34. The molecule has 1 N–H and O–H groups in total. The minimum Gasteiger partial charge on any atom is -0.490 e. The van der Waals surface area contributed by atoms with Gasteiger partial charge < -0.3 is 19.9 Å². The minimum absolute atomic E-state index is 0.286. The van der Waals surface area contributed by atoms with Gasteiger partial charge >= 0.3 is 0 Å². The average Bonchev–Trinajstić information content (AvgIpc) is 2.73. The molecular weight excluding hydrogens is 348 g/mol. The Balaban J connectivity index is 1.37. The molecule has 0 atom stereocenters. The number of para-hydroxylation sites is 1. The van der Waals surface area contributed by atoms with Crippen molar-refractivity contribution in [1.29, 1.82) is 0 Å². The molecule has 1 aliphatic rings. The zero-order chi connectivity index (χ0) is 19.6. The highest BCUT2D eigenvalue weighted by molar-refractivity contribution is 5.79. The topological polar surface area (TPSA) is 40.1 Å². The van der Waals surface area contributed by atoms with Crippen molar-refractivity contribution in [3.63, 3.8) is 0 Å². The molecule has 0 aliphatic carbocycles. The number of hydrogen-bond donors (Lipinski definition) is 1. The number of nitrogens with zero attached hydrogens (tertiary/aromatic N) is 3. The van der Waals surface area contributed by atoms with Gasteiger partial charge in [-0.1, -0.05) is 48.5 Å². The number of piperidine rings is 1. The quantitative estimate of drug-likeness (QED) is 0.591. The SMILES string of the molecule is CN=C(NCCN(C)Cc1ccccc1)N1CCC(Oc2ccccc2)CC1. The molecule has 1 fully saturated rings. The summed E-state index contributed by atoms with van der Waals surface area (Å²) in [5, 5.41) is 3.51. The Kier molecular flexibility index (Phi) is 7.73. The van der Waals surface area contributed by atoms with Crippen LogP contribution in [0.1, 0.15) is 18.4 Å².